The van der Waals surface area contributed by atoms with Crippen LogP contribution >= 0.6 is 34.8 Å². The van der Waals surface area contributed by atoms with Crippen LogP contribution in [0.2, 0.25) is 15.1 Å². The first-order valence-corrected chi connectivity index (χ1v) is 13.9. The number of hydrogen-bond donors (Lipinski definition) is 2. The van der Waals surface area contributed by atoms with Gasteiger partial charge in [-0.2, -0.15) is 0 Å². The molecule has 5 aromatic rings. The van der Waals surface area contributed by atoms with Gasteiger partial charge in [-0.05, 0) is 43.3 Å². The van der Waals surface area contributed by atoms with Gasteiger partial charge in [-0.1, -0.05) is 95.5 Å². The fourth-order valence-electron chi connectivity index (χ4n) is 4.21. The zero-order valence-electron chi connectivity index (χ0n) is 22.0. The summed E-state index contributed by atoms with van der Waals surface area (Å²) in [4.78, 5) is 44.2. The van der Waals surface area contributed by atoms with Crippen molar-refractivity contribution >= 4 is 74.9 Å². The average Bonchev–Trinajstić information content (AvgIpc) is 2.99. The molecule has 5 rings (SSSR count). The monoisotopic (exact) mass is 617 g/mol. The summed E-state index contributed by atoms with van der Waals surface area (Å²) in [5, 5.41) is 6.65. The van der Waals surface area contributed by atoms with Gasteiger partial charge in [-0.15, -0.1) is 0 Å². The first kappa shape index (κ1) is 29.1. The summed E-state index contributed by atoms with van der Waals surface area (Å²) in [5.74, 6) is -1.88. The number of anilines is 2. The van der Waals surface area contributed by atoms with E-state index >= 15 is 0 Å². The molecular formula is C32H22Cl3N3O4. The van der Waals surface area contributed by atoms with Crippen molar-refractivity contribution in [2.75, 3.05) is 10.6 Å². The third-order valence-corrected chi connectivity index (χ3v) is 7.38. The number of halogens is 3. The normalized spacial score (nSPS) is 11.5. The lowest BCUT2D eigenvalue weighted by Gasteiger charge is -2.16. The molecule has 0 aliphatic heterocycles. The number of nitrogens with zero attached hydrogens (tertiary/aromatic N) is 1. The Hall–Kier alpha value is -4.43. The van der Waals surface area contributed by atoms with Crippen LogP contribution in [0.25, 0.3) is 22.2 Å². The molecule has 0 radical (unpaired) electrons. The van der Waals surface area contributed by atoms with Crippen molar-refractivity contribution in [3.8, 4) is 11.3 Å². The van der Waals surface area contributed by atoms with Crippen molar-refractivity contribution in [3.63, 3.8) is 0 Å². The van der Waals surface area contributed by atoms with Gasteiger partial charge in [0.25, 0.3) is 11.8 Å². The molecule has 1 heterocycles. The molecule has 1 aromatic heterocycles. The van der Waals surface area contributed by atoms with Gasteiger partial charge in [0.15, 0.2) is 6.10 Å². The van der Waals surface area contributed by atoms with Crippen molar-refractivity contribution in [2.24, 2.45) is 0 Å². The minimum absolute atomic E-state index is 0.0692. The van der Waals surface area contributed by atoms with E-state index in [1.807, 2.05) is 54.6 Å². The molecule has 0 saturated heterocycles. The summed E-state index contributed by atoms with van der Waals surface area (Å²) in [5.41, 5.74) is 3.03. The van der Waals surface area contributed by atoms with Crippen molar-refractivity contribution in [1.82, 2.24) is 4.98 Å². The number of benzene rings is 4. The van der Waals surface area contributed by atoms with E-state index in [1.54, 1.807) is 24.3 Å². The lowest BCUT2D eigenvalue weighted by molar-refractivity contribution is -0.123. The maximum atomic E-state index is 13.6. The predicted molar refractivity (Wildman–Crippen MR) is 167 cm³/mol. The zero-order valence-corrected chi connectivity index (χ0v) is 24.3. The van der Waals surface area contributed by atoms with Gasteiger partial charge in [-0.25, -0.2) is 9.78 Å². The molecule has 10 heteroatoms. The number of fused-ring (bicyclic) bond motifs is 1. The highest BCUT2D eigenvalue weighted by molar-refractivity contribution is 6.44. The highest BCUT2D eigenvalue weighted by Crippen LogP contribution is 2.32. The molecule has 1 atom stereocenters. The van der Waals surface area contributed by atoms with Gasteiger partial charge in [-0.3, -0.25) is 9.59 Å². The number of amides is 2. The molecule has 0 fully saturated rings. The summed E-state index contributed by atoms with van der Waals surface area (Å²) < 4.78 is 5.42. The zero-order chi connectivity index (χ0) is 29.8. The fourth-order valence-corrected chi connectivity index (χ4v) is 4.80. The molecular weight excluding hydrogens is 597 g/mol. The van der Waals surface area contributed by atoms with E-state index in [-0.39, 0.29) is 32.0 Å². The van der Waals surface area contributed by atoms with E-state index < -0.39 is 23.9 Å². The minimum Gasteiger partial charge on any atom is -0.449 e. The Bertz CT molecular complexity index is 1830. The Labute approximate surface area is 256 Å². The number of para-hydroxylation sites is 2. The standard InChI is InChI=1S/C32H22Cl3N3O4/c1-18(30(39)38-29-17-24(34)23(33)16-25(29)35)42-32(41)21-12-6-8-14-27(21)37-31(40)22-15-28(19-9-3-2-4-10-19)36-26-13-7-5-11-20(22)26/h2-18H,1H3,(H,37,40)(H,38,39). The Morgan fingerprint density at radius 3 is 2.17 bits per heavy atom. The number of pyridine rings is 1. The Morgan fingerprint density at radius 2 is 1.38 bits per heavy atom. The van der Waals surface area contributed by atoms with E-state index in [1.165, 1.54) is 25.1 Å². The first-order chi connectivity index (χ1) is 20.2. The van der Waals surface area contributed by atoms with Crippen LogP contribution in [0.1, 0.15) is 27.6 Å². The summed E-state index contributed by atoms with van der Waals surface area (Å²) >= 11 is 18.1. The second-order valence-electron chi connectivity index (χ2n) is 9.22. The maximum Gasteiger partial charge on any atom is 0.341 e. The molecule has 1 unspecified atom stereocenters. The number of ether oxygens (including phenoxy) is 1. The first-order valence-electron chi connectivity index (χ1n) is 12.7. The number of rotatable bonds is 7. The van der Waals surface area contributed by atoms with Gasteiger partial charge in [0.1, 0.15) is 0 Å². The van der Waals surface area contributed by atoms with Crippen molar-refractivity contribution < 1.29 is 19.1 Å². The second kappa shape index (κ2) is 12.6. The lowest BCUT2D eigenvalue weighted by atomic mass is 10.0. The maximum absolute atomic E-state index is 13.6. The molecule has 4 aromatic carbocycles. The molecule has 0 saturated carbocycles. The molecule has 210 valence electrons. The summed E-state index contributed by atoms with van der Waals surface area (Å²) in [6.07, 6.45) is -1.20. The third kappa shape index (κ3) is 6.39. The van der Waals surface area contributed by atoms with E-state index in [9.17, 15) is 14.4 Å². The molecule has 42 heavy (non-hydrogen) atoms. The molecule has 7 nitrogen and oxygen atoms in total. The average molecular weight is 619 g/mol. The van der Waals surface area contributed by atoms with Crippen LogP contribution in [0, 0.1) is 0 Å². The Morgan fingerprint density at radius 1 is 0.714 bits per heavy atom. The molecule has 2 amide bonds. The number of hydrogen-bond acceptors (Lipinski definition) is 5. The molecule has 0 spiro atoms. The smallest absolute Gasteiger partial charge is 0.341 e. The molecule has 0 aliphatic rings. The van der Waals surface area contributed by atoms with Crippen molar-refractivity contribution in [1.29, 1.82) is 0 Å². The van der Waals surface area contributed by atoms with Gasteiger partial charge in [0, 0.05) is 10.9 Å². The van der Waals surface area contributed by atoms with Crippen LogP contribution in [-0.4, -0.2) is 28.9 Å². The largest absolute Gasteiger partial charge is 0.449 e. The van der Waals surface area contributed by atoms with Gasteiger partial charge >= 0.3 is 5.97 Å². The van der Waals surface area contributed by atoms with Crippen LogP contribution in [0.3, 0.4) is 0 Å². The number of carbonyl (C=O) groups excluding carboxylic acids is 3. The summed E-state index contributed by atoms with van der Waals surface area (Å²) in [7, 11) is 0. The Kier molecular flexibility index (Phi) is 8.73. The van der Waals surface area contributed by atoms with E-state index in [2.05, 4.69) is 10.6 Å². The van der Waals surface area contributed by atoms with Crippen LogP contribution in [0.4, 0.5) is 11.4 Å². The molecule has 2 N–H and O–H groups in total. The van der Waals surface area contributed by atoms with Gasteiger partial charge in [0.05, 0.1) is 48.8 Å². The SMILES string of the molecule is CC(OC(=O)c1ccccc1NC(=O)c1cc(-c2ccccc2)nc2ccccc12)C(=O)Nc1cc(Cl)c(Cl)cc1Cl. The number of nitrogens with one attached hydrogen (secondary N) is 2. The molecule has 0 aliphatic carbocycles. The number of aromatic nitrogens is 1. The molecule has 0 bridgehead atoms. The topological polar surface area (TPSA) is 97.4 Å². The van der Waals surface area contributed by atoms with Gasteiger partial charge in [0.2, 0.25) is 0 Å². The summed E-state index contributed by atoms with van der Waals surface area (Å²) in [6.45, 7) is 1.41. The van der Waals surface area contributed by atoms with Gasteiger partial charge < -0.3 is 15.4 Å². The quantitative estimate of drug-likeness (QED) is 0.141. The number of carbonyl (C=O) groups is 3. The minimum atomic E-state index is -1.20. The highest BCUT2D eigenvalue weighted by atomic mass is 35.5. The predicted octanol–water partition coefficient (Wildman–Crippen LogP) is 8.30. The second-order valence-corrected chi connectivity index (χ2v) is 10.4. The summed E-state index contributed by atoms with van der Waals surface area (Å²) in [6, 6.07) is 27.7. The van der Waals surface area contributed by atoms with Crippen LogP contribution < -0.4 is 10.6 Å². The fraction of sp³-hybridized carbons (Fsp3) is 0.0625. The number of esters is 1. The lowest BCUT2D eigenvalue weighted by Crippen LogP contribution is -2.30. The van der Waals surface area contributed by atoms with E-state index in [0.29, 0.717) is 22.2 Å². The van der Waals surface area contributed by atoms with Crippen LogP contribution in [0.15, 0.2) is 97.1 Å². The van der Waals surface area contributed by atoms with E-state index in [0.717, 1.165) is 5.56 Å². The van der Waals surface area contributed by atoms with E-state index in [4.69, 9.17) is 44.5 Å². The van der Waals surface area contributed by atoms with Crippen molar-refractivity contribution in [3.05, 3.63) is 123 Å². The third-order valence-electron chi connectivity index (χ3n) is 6.35. The Balaban J connectivity index is 1.36. The highest BCUT2D eigenvalue weighted by Gasteiger charge is 2.23. The van der Waals surface area contributed by atoms with Crippen molar-refractivity contribution in [2.45, 2.75) is 13.0 Å². The van der Waals surface area contributed by atoms with Crippen LogP contribution in [-0.2, 0) is 9.53 Å². The van der Waals surface area contributed by atoms with Crippen LogP contribution in [0.5, 0.6) is 0 Å².